The van der Waals surface area contributed by atoms with Crippen molar-refractivity contribution in [2.75, 3.05) is 25.4 Å². The van der Waals surface area contributed by atoms with Crippen molar-refractivity contribution in [2.24, 2.45) is 5.73 Å². The molecule has 1 aromatic carbocycles. The van der Waals surface area contributed by atoms with Gasteiger partial charge >= 0.3 is 0 Å². The standard InChI is InChI=1S/C14H21BrN2S/c1-2-13-10-17(7-8-18-13)14(9-16)11-3-5-12(15)6-4-11/h3-6,13-14H,2,7-10,16H2,1H3. The van der Waals surface area contributed by atoms with Crippen LogP contribution in [0.3, 0.4) is 0 Å². The van der Waals surface area contributed by atoms with Crippen molar-refractivity contribution in [3.63, 3.8) is 0 Å². The van der Waals surface area contributed by atoms with E-state index < -0.39 is 0 Å². The van der Waals surface area contributed by atoms with E-state index in [4.69, 9.17) is 5.73 Å². The Labute approximate surface area is 122 Å². The maximum atomic E-state index is 6.00. The molecule has 1 heterocycles. The number of hydrogen-bond donors (Lipinski definition) is 1. The highest BCUT2D eigenvalue weighted by molar-refractivity contribution is 9.10. The van der Waals surface area contributed by atoms with Gasteiger partial charge in [0.25, 0.3) is 0 Å². The Bertz CT molecular complexity index is 369. The zero-order valence-electron chi connectivity index (χ0n) is 10.8. The Morgan fingerprint density at radius 1 is 1.44 bits per heavy atom. The molecule has 1 aliphatic heterocycles. The molecule has 1 saturated heterocycles. The molecule has 100 valence electrons. The molecule has 2 N–H and O–H groups in total. The van der Waals surface area contributed by atoms with Gasteiger partial charge in [-0.2, -0.15) is 11.8 Å². The number of nitrogens with two attached hydrogens (primary N) is 1. The summed E-state index contributed by atoms with van der Waals surface area (Å²) in [5.41, 5.74) is 7.34. The van der Waals surface area contributed by atoms with Gasteiger partial charge < -0.3 is 5.73 Å². The summed E-state index contributed by atoms with van der Waals surface area (Å²) < 4.78 is 1.13. The van der Waals surface area contributed by atoms with Crippen molar-refractivity contribution >= 4 is 27.7 Å². The van der Waals surface area contributed by atoms with Crippen molar-refractivity contribution in [2.45, 2.75) is 24.6 Å². The molecule has 2 nitrogen and oxygen atoms in total. The Kier molecular flexibility index (Phi) is 5.55. The molecule has 2 unspecified atom stereocenters. The van der Waals surface area contributed by atoms with Gasteiger partial charge in [0.2, 0.25) is 0 Å². The molecule has 1 aliphatic rings. The second-order valence-electron chi connectivity index (χ2n) is 4.70. The van der Waals surface area contributed by atoms with Gasteiger partial charge in [-0.3, -0.25) is 4.90 Å². The van der Waals surface area contributed by atoms with Crippen LogP contribution in [0.4, 0.5) is 0 Å². The highest BCUT2D eigenvalue weighted by Gasteiger charge is 2.25. The van der Waals surface area contributed by atoms with Crippen LogP contribution in [0.25, 0.3) is 0 Å². The van der Waals surface area contributed by atoms with E-state index in [9.17, 15) is 0 Å². The Balaban J connectivity index is 2.10. The Hall–Kier alpha value is -0.0300. The lowest BCUT2D eigenvalue weighted by molar-refractivity contribution is 0.207. The first-order chi connectivity index (χ1) is 8.74. The van der Waals surface area contributed by atoms with Gasteiger partial charge in [-0.25, -0.2) is 0 Å². The second kappa shape index (κ2) is 6.94. The lowest BCUT2D eigenvalue weighted by atomic mass is 10.0. The van der Waals surface area contributed by atoms with E-state index in [2.05, 4.69) is 63.8 Å². The van der Waals surface area contributed by atoms with Crippen LogP contribution >= 0.6 is 27.7 Å². The molecule has 0 spiro atoms. The summed E-state index contributed by atoms with van der Waals surface area (Å²) in [6, 6.07) is 8.95. The summed E-state index contributed by atoms with van der Waals surface area (Å²) in [5.74, 6) is 1.23. The molecule has 0 bridgehead atoms. The lowest BCUT2D eigenvalue weighted by Crippen LogP contribution is -2.42. The van der Waals surface area contributed by atoms with E-state index >= 15 is 0 Å². The maximum Gasteiger partial charge on any atom is 0.0471 e. The van der Waals surface area contributed by atoms with E-state index in [1.54, 1.807) is 0 Å². The molecule has 0 radical (unpaired) electrons. The predicted molar refractivity (Wildman–Crippen MR) is 84.0 cm³/mol. The van der Waals surface area contributed by atoms with Crippen molar-refractivity contribution in [1.29, 1.82) is 0 Å². The fraction of sp³-hybridized carbons (Fsp3) is 0.571. The van der Waals surface area contributed by atoms with Crippen LogP contribution in [0.15, 0.2) is 28.7 Å². The van der Waals surface area contributed by atoms with Crippen LogP contribution < -0.4 is 5.73 Å². The average molecular weight is 329 g/mol. The number of nitrogens with zero attached hydrogens (tertiary/aromatic N) is 1. The molecule has 1 fully saturated rings. The van der Waals surface area contributed by atoms with Crippen LogP contribution in [0, 0.1) is 0 Å². The lowest BCUT2D eigenvalue weighted by Gasteiger charge is -2.37. The zero-order chi connectivity index (χ0) is 13.0. The van der Waals surface area contributed by atoms with Gasteiger partial charge in [-0.05, 0) is 24.1 Å². The highest BCUT2D eigenvalue weighted by Crippen LogP contribution is 2.28. The monoisotopic (exact) mass is 328 g/mol. The number of hydrogen-bond acceptors (Lipinski definition) is 3. The quantitative estimate of drug-likeness (QED) is 0.919. The molecular weight excluding hydrogens is 308 g/mol. The Morgan fingerprint density at radius 3 is 2.78 bits per heavy atom. The van der Waals surface area contributed by atoms with Crippen molar-refractivity contribution in [3.8, 4) is 0 Å². The second-order valence-corrected chi connectivity index (χ2v) is 7.02. The molecule has 18 heavy (non-hydrogen) atoms. The van der Waals surface area contributed by atoms with Crippen LogP contribution in [0.2, 0.25) is 0 Å². The molecule has 0 aliphatic carbocycles. The van der Waals surface area contributed by atoms with E-state index in [1.165, 1.54) is 24.3 Å². The minimum atomic E-state index is 0.369. The van der Waals surface area contributed by atoms with Crippen LogP contribution in [-0.4, -0.2) is 35.5 Å². The van der Waals surface area contributed by atoms with Gasteiger partial charge in [0.1, 0.15) is 0 Å². The van der Waals surface area contributed by atoms with Gasteiger partial charge in [-0.15, -0.1) is 0 Å². The van der Waals surface area contributed by atoms with Gasteiger partial charge in [-0.1, -0.05) is 35.0 Å². The third-order valence-corrected chi connectivity index (χ3v) is 5.45. The summed E-state index contributed by atoms with van der Waals surface area (Å²) in [7, 11) is 0. The molecular formula is C14H21BrN2S. The summed E-state index contributed by atoms with van der Waals surface area (Å²) in [4.78, 5) is 2.55. The summed E-state index contributed by atoms with van der Waals surface area (Å²) in [6.45, 7) is 5.29. The third kappa shape index (κ3) is 3.50. The molecule has 1 aromatic rings. The minimum Gasteiger partial charge on any atom is -0.329 e. The predicted octanol–water partition coefficient (Wildman–Crippen LogP) is 3.28. The molecule has 2 atom stereocenters. The number of thioether (sulfide) groups is 1. The third-order valence-electron chi connectivity index (χ3n) is 3.54. The maximum absolute atomic E-state index is 6.00. The van der Waals surface area contributed by atoms with Crippen LogP contribution in [-0.2, 0) is 0 Å². The van der Waals surface area contributed by atoms with E-state index in [-0.39, 0.29) is 0 Å². The first-order valence-electron chi connectivity index (χ1n) is 6.55. The smallest absolute Gasteiger partial charge is 0.0471 e. The molecule has 4 heteroatoms. The van der Waals surface area contributed by atoms with Crippen LogP contribution in [0.1, 0.15) is 24.9 Å². The average Bonchev–Trinajstić information content (AvgIpc) is 2.42. The van der Waals surface area contributed by atoms with E-state index in [1.807, 2.05) is 0 Å². The van der Waals surface area contributed by atoms with E-state index in [0.717, 1.165) is 16.3 Å². The first kappa shape index (κ1) is 14.4. The summed E-state index contributed by atoms with van der Waals surface area (Å²) >= 11 is 5.59. The van der Waals surface area contributed by atoms with Crippen LogP contribution in [0.5, 0.6) is 0 Å². The number of benzene rings is 1. The summed E-state index contributed by atoms with van der Waals surface area (Å²) in [5, 5.41) is 0.767. The molecule has 0 amide bonds. The normalized spacial score (nSPS) is 22.9. The van der Waals surface area contributed by atoms with Crippen molar-refractivity contribution < 1.29 is 0 Å². The van der Waals surface area contributed by atoms with Crippen molar-refractivity contribution in [1.82, 2.24) is 4.90 Å². The number of halogens is 1. The van der Waals surface area contributed by atoms with Gasteiger partial charge in [0.05, 0.1) is 0 Å². The van der Waals surface area contributed by atoms with Gasteiger partial charge in [0, 0.05) is 41.2 Å². The SMILES string of the molecule is CCC1CN(C(CN)c2ccc(Br)cc2)CCS1. The molecule has 0 saturated carbocycles. The highest BCUT2D eigenvalue weighted by atomic mass is 79.9. The van der Waals surface area contributed by atoms with Gasteiger partial charge in [0.15, 0.2) is 0 Å². The largest absolute Gasteiger partial charge is 0.329 e. The fourth-order valence-electron chi connectivity index (χ4n) is 2.45. The zero-order valence-corrected chi connectivity index (χ0v) is 13.2. The summed E-state index contributed by atoms with van der Waals surface area (Å²) in [6.07, 6.45) is 1.25. The molecule has 2 rings (SSSR count). The Morgan fingerprint density at radius 2 is 2.17 bits per heavy atom. The minimum absolute atomic E-state index is 0.369. The topological polar surface area (TPSA) is 29.3 Å². The van der Waals surface area contributed by atoms with E-state index in [0.29, 0.717) is 12.6 Å². The number of rotatable bonds is 4. The fourth-order valence-corrected chi connectivity index (χ4v) is 3.92. The first-order valence-corrected chi connectivity index (χ1v) is 8.40. The molecule has 0 aromatic heterocycles. The van der Waals surface area contributed by atoms with Crippen molar-refractivity contribution in [3.05, 3.63) is 34.3 Å².